The number of β-lactam (4-membered cyclic amide) rings is 1. The number of phenols is 1. The molecule has 32 heavy (non-hydrogen) atoms. The number of hydrogen-bond acceptors (Lipinski definition) is 9. The maximum Gasteiger partial charge on any atom is 0.352 e. The van der Waals surface area contributed by atoms with Crippen LogP contribution in [0.5, 0.6) is 5.75 Å². The van der Waals surface area contributed by atoms with Gasteiger partial charge in [0.15, 0.2) is 0 Å². The van der Waals surface area contributed by atoms with Crippen LogP contribution in [0.2, 0.25) is 0 Å². The molecule has 3 atom stereocenters. The molecule has 176 valence electrons. The Bertz CT molecular complexity index is 962. The summed E-state index contributed by atoms with van der Waals surface area (Å²) >= 11 is 2.65. The van der Waals surface area contributed by atoms with E-state index in [-0.39, 0.29) is 36.3 Å². The number of aromatic hydroxyl groups is 1. The van der Waals surface area contributed by atoms with Gasteiger partial charge in [-0.25, -0.2) is 4.79 Å². The molecule has 0 aromatic heterocycles. The molecule has 0 radical (unpaired) electrons. The number of hydrogen-bond donors (Lipinski definition) is 5. The van der Waals surface area contributed by atoms with E-state index in [9.17, 15) is 24.6 Å². The molecular weight excluding hydrogens is 501 g/mol. The van der Waals surface area contributed by atoms with Crippen molar-refractivity contribution in [3.8, 4) is 5.75 Å². The van der Waals surface area contributed by atoms with Crippen molar-refractivity contribution in [1.29, 1.82) is 0 Å². The van der Waals surface area contributed by atoms with E-state index in [0.717, 1.165) is 0 Å². The number of fused-ring (bicyclic) bond motifs is 1. The molecular formula is C18H23Cl2N5O5S2. The van der Waals surface area contributed by atoms with Crippen molar-refractivity contribution in [2.24, 2.45) is 16.7 Å². The molecule has 1 fully saturated rings. The molecule has 14 heteroatoms. The van der Waals surface area contributed by atoms with Crippen LogP contribution in [-0.2, 0) is 20.1 Å². The third kappa shape index (κ3) is 5.44. The van der Waals surface area contributed by atoms with Crippen LogP contribution >= 0.6 is 48.3 Å². The first-order valence-electron chi connectivity index (χ1n) is 8.85. The molecule has 2 aliphatic heterocycles. The lowest BCUT2D eigenvalue weighted by Crippen LogP contribution is -2.71. The van der Waals surface area contributed by atoms with Crippen molar-refractivity contribution in [1.82, 2.24) is 10.2 Å². The number of nitrogens with two attached hydrogens (primary N) is 2. The van der Waals surface area contributed by atoms with Crippen LogP contribution in [0, 0.1) is 0 Å². The third-order valence-electron chi connectivity index (χ3n) is 4.78. The number of carbonyl (C=O) groups is 3. The van der Waals surface area contributed by atoms with Crippen molar-refractivity contribution in [3.63, 3.8) is 0 Å². The molecule has 10 nitrogen and oxygen atoms in total. The monoisotopic (exact) mass is 523 g/mol. The topological polar surface area (TPSA) is 171 Å². The lowest BCUT2D eigenvalue weighted by molar-refractivity contribution is -0.150. The highest BCUT2D eigenvalue weighted by atomic mass is 35.5. The molecule has 0 spiro atoms. The van der Waals surface area contributed by atoms with Crippen LogP contribution in [0.25, 0.3) is 0 Å². The standard InChI is InChI=1S/C18H21N5O5S2.2ClH/c1-8-5-30-17-13(16(26)23(17)14(8)18(27)28)22-15(25)12(19)11-3-2-10(24)4-9(11)6-29-7-21-20;;/h2-4,7,12-13,17,24H,5-6,19-20H2,1H3,(H,22,25)(H,27,28);2*1H. The molecule has 2 aliphatic rings. The zero-order valence-electron chi connectivity index (χ0n) is 16.8. The summed E-state index contributed by atoms with van der Waals surface area (Å²) in [6.07, 6.45) is 0. The van der Waals surface area contributed by atoms with Crippen LogP contribution in [0.4, 0.5) is 0 Å². The minimum absolute atomic E-state index is 0. The Hall–Kier alpha value is -2.12. The van der Waals surface area contributed by atoms with Crippen molar-refractivity contribution in [3.05, 3.63) is 40.6 Å². The summed E-state index contributed by atoms with van der Waals surface area (Å²) in [7, 11) is 0. The van der Waals surface area contributed by atoms with Crippen molar-refractivity contribution in [2.75, 3.05) is 5.75 Å². The van der Waals surface area contributed by atoms with E-state index >= 15 is 0 Å². The largest absolute Gasteiger partial charge is 0.508 e. The molecule has 1 aromatic carbocycles. The summed E-state index contributed by atoms with van der Waals surface area (Å²) in [5.74, 6) is 3.73. The first-order chi connectivity index (χ1) is 14.3. The van der Waals surface area contributed by atoms with Crippen LogP contribution in [0.3, 0.4) is 0 Å². The summed E-state index contributed by atoms with van der Waals surface area (Å²) in [4.78, 5) is 38.0. The van der Waals surface area contributed by atoms with Gasteiger partial charge in [-0.2, -0.15) is 5.10 Å². The van der Waals surface area contributed by atoms with Crippen LogP contribution < -0.4 is 16.9 Å². The summed E-state index contributed by atoms with van der Waals surface area (Å²) in [5, 5.41) is 24.7. The van der Waals surface area contributed by atoms with Gasteiger partial charge < -0.3 is 27.1 Å². The van der Waals surface area contributed by atoms with E-state index < -0.39 is 35.2 Å². The van der Waals surface area contributed by atoms with Gasteiger partial charge in [0.2, 0.25) is 5.91 Å². The minimum Gasteiger partial charge on any atom is -0.508 e. The molecule has 1 saturated heterocycles. The molecule has 7 N–H and O–H groups in total. The average molecular weight is 524 g/mol. The Kier molecular flexibility index (Phi) is 10.2. The first kappa shape index (κ1) is 27.9. The molecule has 0 bridgehead atoms. The molecule has 0 saturated carbocycles. The fraction of sp³-hybridized carbons (Fsp3) is 0.333. The number of rotatable bonds is 7. The number of halogens is 2. The maximum absolute atomic E-state index is 12.8. The lowest BCUT2D eigenvalue weighted by Gasteiger charge is -2.49. The van der Waals surface area contributed by atoms with Crippen molar-refractivity contribution >= 4 is 71.7 Å². The zero-order chi connectivity index (χ0) is 22.0. The third-order valence-corrected chi connectivity index (χ3v) is 6.95. The van der Waals surface area contributed by atoms with E-state index in [1.165, 1.54) is 46.1 Å². The minimum atomic E-state index is -1.17. The number of carbonyl (C=O) groups excluding carboxylic acids is 2. The van der Waals surface area contributed by atoms with Crippen LogP contribution in [-0.4, -0.2) is 55.6 Å². The SMILES string of the molecule is CC1=C(C(=O)O)N2C(=O)C(NC(=O)C(N)c3ccc(O)cc3CSC=NN)C2SC1.Cl.Cl. The number of thioether (sulfide) groups is 2. The lowest BCUT2D eigenvalue weighted by atomic mass is 9.99. The highest BCUT2D eigenvalue weighted by Crippen LogP contribution is 2.40. The number of nitrogens with one attached hydrogen (secondary N) is 1. The number of aliphatic carboxylic acids is 1. The quantitative estimate of drug-likeness (QED) is 0.115. The summed E-state index contributed by atoms with van der Waals surface area (Å²) in [6, 6.07) is 2.54. The number of carboxylic acids is 1. The predicted octanol–water partition coefficient (Wildman–Crippen LogP) is 1.13. The summed E-state index contributed by atoms with van der Waals surface area (Å²) in [6.45, 7) is 1.67. The Morgan fingerprint density at radius 2 is 2.12 bits per heavy atom. The Balaban J connectivity index is 0.00000256. The van der Waals surface area contributed by atoms with Gasteiger partial charge in [0.25, 0.3) is 5.91 Å². The number of carboxylic acid groups (broad SMARTS) is 1. The normalized spacial score (nSPS) is 20.6. The zero-order valence-corrected chi connectivity index (χ0v) is 20.0. The van der Waals surface area contributed by atoms with E-state index in [0.29, 0.717) is 28.2 Å². The molecule has 0 aliphatic carbocycles. The van der Waals surface area contributed by atoms with E-state index in [4.69, 9.17) is 11.6 Å². The molecule has 2 amide bonds. The number of amides is 2. The van der Waals surface area contributed by atoms with Gasteiger partial charge in [0.05, 0.1) is 5.55 Å². The number of phenolic OH excluding ortho intramolecular Hbond substituents is 1. The highest BCUT2D eigenvalue weighted by molar-refractivity contribution is 8.11. The van der Waals surface area contributed by atoms with Gasteiger partial charge in [-0.1, -0.05) is 6.07 Å². The smallest absolute Gasteiger partial charge is 0.352 e. The van der Waals surface area contributed by atoms with Crippen molar-refractivity contribution < 1.29 is 24.6 Å². The molecule has 3 rings (SSSR count). The maximum atomic E-state index is 12.8. The second kappa shape index (κ2) is 11.7. The number of nitrogens with zero attached hydrogens (tertiary/aromatic N) is 2. The number of benzene rings is 1. The van der Waals surface area contributed by atoms with Gasteiger partial charge in [-0.05, 0) is 35.8 Å². The van der Waals surface area contributed by atoms with Crippen LogP contribution in [0.1, 0.15) is 24.1 Å². The first-order valence-corrected chi connectivity index (χ1v) is 10.9. The van der Waals surface area contributed by atoms with Gasteiger partial charge >= 0.3 is 5.97 Å². The van der Waals surface area contributed by atoms with E-state index in [2.05, 4.69) is 10.4 Å². The van der Waals surface area contributed by atoms with Crippen LogP contribution in [0.15, 0.2) is 34.6 Å². The second-order valence-corrected chi connectivity index (χ2v) is 8.69. The fourth-order valence-electron chi connectivity index (χ4n) is 3.35. The van der Waals surface area contributed by atoms with E-state index in [1.54, 1.807) is 13.0 Å². The molecule has 2 heterocycles. The molecule has 3 unspecified atom stereocenters. The second-order valence-electron chi connectivity index (χ2n) is 6.76. The van der Waals surface area contributed by atoms with Gasteiger partial charge in [0, 0.05) is 11.5 Å². The Morgan fingerprint density at radius 3 is 2.75 bits per heavy atom. The van der Waals surface area contributed by atoms with Gasteiger partial charge in [-0.15, -0.1) is 48.3 Å². The number of hydrazone groups is 1. The Morgan fingerprint density at radius 1 is 1.44 bits per heavy atom. The van der Waals surface area contributed by atoms with Gasteiger partial charge in [-0.3, -0.25) is 14.5 Å². The summed E-state index contributed by atoms with van der Waals surface area (Å²) in [5.41, 5.74) is 9.25. The highest BCUT2D eigenvalue weighted by Gasteiger charge is 2.53. The van der Waals surface area contributed by atoms with Crippen molar-refractivity contribution in [2.45, 2.75) is 30.1 Å². The van der Waals surface area contributed by atoms with Gasteiger partial charge in [0.1, 0.15) is 28.9 Å². The summed E-state index contributed by atoms with van der Waals surface area (Å²) < 4.78 is 0. The molecule has 1 aromatic rings. The average Bonchev–Trinajstić information content (AvgIpc) is 2.71. The fourth-order valence-corrected chi connectivity index (χ4v) is 5.23. The Labute approximate surface area is 205 Å². The predicted molar refractivity (Wildman–Crippen MR) is 129 cm³/mol. The van der Waals surface area contributed by atoms with E-state index in [1.807, 2.05) is 0 Å².